The summed E-state index contributed by atoms with van der Waals surface area (Å²) in [5.74, 6) is 0. The van der Waals surface area contributed by atoms with Gasteiger partial charge in [0.15, 0.2) is 5.11 Å². The number of fused-ring (bicyclic) bond motifs is 1. The lowest BCUT2D eigenvalue weighted by Gasteiger charge is -2.31. The van der Waals surface area contributed by atoms with Crippen LogP contribution in [0.2, 0.25) is 0 Å². The molecular formula is C15H24N3S+. The molecule has 2 rings (SSSR count). The fourth-order valence-electron chi connectivity index (χ4n) is 2.42. The molecule has 1 aliphatic rings. The zero-order chi connectivity index (χ0) is 13.7. The molecule has 0 spiro atoms. The van der Waals surface area contributed by atoms with Gasteiger partial charge >= 0.3 is 0 Å². The molecule has 0 atom stereocenters. The number of hydrogen-bond donors (Lipinski definition) is 2. The van der Waals surface area contributed by atoms with E-state index in [1.54, 1.807) is 0 Å². The summed E-state index contributed by atoms with van der Waals surface area (Å²) >= 11 is 5.49. The Labute approximate surface area is 121 Å². The van der Waals surface area contributed by atoms with Gasteiger partial charge < -0.3 is 15.1 Å². The molecule has 0 aromatic heterocycles. The minimum Gasteiger partial charge on any atom is -0.362 e. The first kappa shape index (κ1) is 14.3. The van der Waals surface area contributed by atoms with E-state index in [4.69, 9.17) is 12.2 Å². The van der Waals surface area contributed by atoms with E-state index in [0.717, 1.165) is 37.6 Å². The predicted molar refractivity (Wildman–Crippen MR) is 83.5 cm³/mol. The van der Waals surface area contributed by atoms with Gasteiger partial charge in [-0.2, -0.15) is 0 Å². The van der Waals surface area contributed by atoms with Crippen molar-refractivity contribution in [2.45, 2.75) is 19.4 Å². The Morgan fingerprint density at radius 2 is 2.05 bits per heavy atom. The van der Waals surface area contributed by atoms with Crippen LogP contribution in [0.1, 0.15) is 17.5 Å². The van der Waals surface area contributed by atoms with Crippen LogP contribution in [0.4, 0.5) is 0 Å². The fraction of sp³-hybridized carbons (Fsp3) is 0.533. The molecule has 2 N–H and O–H groups in total. The van der Waals surface area contributed by atoms with Crippen molar-refractivity contribution in [1.82, 2.24) is 10.2 Å². The molecule has 4 heteroatoms. The van der Waals surface area contributed by atoms with Gasteiger partial charge in [0.05, 0.1) is 20.6 Å². The molecular weight excluding hydrogens is 254 g/mol. The minimum absolute atomic E-state index is 0.906. The average Bonchev–Trinajstić information content (AvgIpc) is 2.42. The number of nitrogens with zero attached hydrogens (tertiary/aromatic N) is 1. The van der Waals surface area contributed by atoms with Gasteiger partial charge in [-0.3, -0.25) is 0 Å². The second-order valence-electron chi connectivity index (χ2n) is 5.48. The second-order valence-corrected chi connectivity index (χ2v) is 5.87. The average molecular weight is 278 g/mol. The predicted octanol–water partition coefficient (Wildman–Crippen LogP) is 0.454. The lowest BCUT2D eigenvalue weighted by Crippen LogP contribution is -3.05. The van der Waals surface area contributed by atoms with Crippen molar-refractivity contribution in [3.8, 4) is 0 Å². The highest BCUT2D eigenvalue weighted by molar-refractivity contribution is 7.80. The van der Waals surface area contributed by atoms with E-state index in [9.17, 15) is 0 Å². The standard InChI is InChI=1S/C15H23N3S/c1-17(2)10-5-9-16-15(19)18-11-8-13-6-3-4-7-14(13)12-18/h3-4,6-7H,5,8-12H2,1-2H3,(H,16,19)/p+1. The highest BCUT2D eigenvalue weighted by Gasteiger charge is 2.17. The van der Waals surface area contributed by atoms with E-state index >= 15 is 0 Å². The van der Waals surface area contributed by atoms with Crippen LogP contribution >= 0.6 is 12.2 Å². The van der Waals surface area contributed by atoms with Crippen molar-refractivity contribution in [2.24, 2.45) is 0 Å². The van der Waals surface area contributed by atoms with Crippen molar-refractivity contribution >= 4 is 17.3 Å². The van der Waals surface area contributed by atoms with Crippen LogP contribution in [0.25, 0.3) is 0 Å². The molecule has 1 aliphatic heterocycles. The SMILES string of the molecule is C[NH+](C)CCCNC(=S)N1CCc2ccccc2C1. The molecule has 1 aromatic carbocycles. The first-order valence-electron chi connectivity index (χ1n) is 7.05. The molecule has 0 fully saturated rings. The van der Waals surface area contributed by atoms with Crippen molar-refractivity contribution in [2.75, 3.05) is 33.7 Å². The van der Waals surface area contributed by atoms with Crippen LogP contribution in [0.5, 0.6) is 0 Å². The van der Waals surface area contributed by atoms with E-state index in [0.29, 0.717) is 0 Å². The Morgan fingerprint density at radius 3 is 2.79 bits per heavy atom. The summed E-state index contributed by atoms with van der Waals surface area (Å²) in [6.45, 7) is 4.13. The van der Waals surface area contributed by atoms with E-state index in [-0.39, 0.29) is 0 Å². The summed E-state index contributed by atoms with van der Waals surface area (Å²) in [6.07, 6.45) is 2.26. The van der Waals surface area contributed by atoms with Crippen LogP contribution in [0.3, 0.4) is 0 Å². The highest BCUT2D eigenvalue weighted by Crippen LogP contribution is 2.18. The summed E-state index contributed by atoms with van der Waals surface area (Å²) in [5.41, 5.74) is 2.88. The van der Waals surface area contributed by atoms with Crippen molar-refractivity contribution < 1.29 is 4.90 Å². The van der Waals surface area contributed by atoms with Crippen LogP contribution in [-0.4, -0.2) is 43.7 Å². The van der Waals surface area contributed by atoms with Gasteiger partial charge in [-0.05, 0) is 29.8 Å². The number of rotatable bonds is 4. The fourth-order valence-corrected chi connectivity index (χ4v) is 2.68. The van der Waals surface area contributed by atoms with Gasteiger partial charge in [-0.15, -0.1) is 0 Å². The zero-order valence-corrected chi connectivity index (χ0v) is 12.7. The number of thiocarbonyl (C=S) groups is 1. The Hall–Kier alpha value is -1.13. The Bertz CT molecular complexity index is 431. The van der Waals surface area contributed by atoms with E-state index in [2.05, 4.69) is 48.6 Å². The number of hydrogen-bond acceptors (Lipinski definition) is 1. The molecule has 0 amide bonds. The van der Waals surface area contributed by atoms with E-state index in [1.165, 1.54) is 22.6 Å². The summed E-state index contributed by atoms with van der Waals surface area (Å²) in [4.78, 5) is 3.76. The Morgan fingerprint density at radius 1 is 1.32 bits per heavy atom. The molecule has 104 valence electrons. The smallest absolute Gasteiger partial charge is 0.169 e. The second kappa shape index (κ2) is 6.87. The first-order chi connectivity index (χ1) is 9.16. The molecule has 0 saturated heterocycles. The van der Waals surface area contributed by atoms with Gasteiger partial charge in [0.25, 0.3) is 0 Å². The van der Waals surface area contributed by atoms with Crippen LogP contribution in [-0.2, 0) is 13.0 Å². The van der Waals surface area contributed by atoms with Crippen LogP contribution < -0.4 is 10.2 Å². The summed E-state index contributed by atoms with van der Waals surface area (Å²) < 4.78 is 0. The lowest BCUT2D eigenvalue weighted by molar-refractivity contribution is -0.858. The number of nitrogens with one attached hydrogen (secondary N) is 2. The maximum atomic E-state index is 5.49. The normalized spacial score (nSPS) is 14.4. The first-order valence-corrected chi connectivity index (χ1v) is 7.46. The quantitative estimate of drug-likeness (QED) is 0.616. The van der Waals surface area contributed by atoms with Gasteiger partial charge in [0.1, 0.15) is 0 Å². The third-order valence-corrected chi connectivity index (χ3v) is 3.95. The topological polar surface area (TPSA) is 19.7 Å². The maximum absolute atomic E-state index is 5.49. The largest absolute Gasteiger partial charge is 0.362 e. The third kappa shape index (κ3) is 4.18. The zero-order valence-electron chi connectivity index (χ0n) is 11.9. The van der Waals surface area contributed by atoms with Crippen LogP contribution in [0, 0.1) is 0 Å². The highest BCUT2D eigenvalue weighted by atomic mass is 32.1. The molecule has 0 radical (unpaired) electrons. The summed E-state index contributed by atoms with van der Waals surface area (Å²) in [5, 5.41) is 4.29. The molecule has 0 bridgehead atoms. The van der Waals surface area contributed by atoms with Crippen LogP contribution in [0.15, 0.2) is 24.3 Å². The third-order valence-electron chi connectivity index (χ3n) is 3.55. The van der Waals surface area contributed by atoms with Crippen molar-refractivity contribution in [1.29, 1.82) is 0 Å². The van der Waals surface area contributed by atoms with Crippen molar-refractivity contribution in [3.05, 3.63) is 35.4 Å². The van der Waals surface area contributed by atoms with Gasteiger partial charge in [0, 0.05) is 26.1 Å². The van der Waals surface area contributed by atoms with Crippen molar-refractivity contribution in [3.63, 3.8) is 0 Å². The molecule has 3 nitrogen and oxygen atoms in total. The molecule has 1 aromatic rings. The Balaban J connectivity index is 1.79. The Kier molecular flexibility index (Phi) is 5.16. The minimum atomic E-state index is 0.906. The molecule has 0 saturated carbocycles. The number of quaternary nitrogens is 1. The van der Waals surface area contributed by atoms with Gasteiger partial charge in [-0.25, -0.2) is 0 Å². The summed E-state index contributed by atoms with van der Waals surface area (Å²) in [6, 6.07) is 8.66. The molecule has 1 heterocycles. The number of benzene rings is 1. The van der Waals surface area contributed by atoms with Gasteiger partial charge in [0.2, 0.25) is 0 Å². The maximum Gasteiger partial charge on any atom is 0.169 e. The molecule has 19 heavy (non-hydrogen) atoms. The summed E-state index contributed by atoms with van der Waals surface area (Å²) in [7, 11) is 4.36. The van der Waals surface area contributed by atoms with Gasteiger partial charge in [-0.1, -0.05) is 24.3 Å². The monoisotopic (exact) mass is 278 g/mol. The lowest BCUT2D eigenvalue weighted by atomic mass is 10.0. The molecule has 0 unspecified atom stereocenters. The van der Waals surface area contributed by atoms with E-state index < -0.39 is 0 Å². The van der Waals surface area contributed by atoms with E-state index in [1.807, 2.05) is 0 Å². The molecule has 0 aliphatic carbocycles.